The summed E-state index contributed by atoms with van der Waals surface area (Å²) in [5, 5.41) is 3.72. The highest BCUT2D eigenvalue weighted by Gasteiger charge is 2.28. The van der Waals surface area contributed by atoms with Crippen molar-refractivity contribution in [1.82, 2.24) is 20.2 Å². The van der Waals surface area contributed by atoms with Gasteiger partial charge in [-0.25, -0.2) is 9.78 Å². The fraction of sp³-hybridized carbons (Fsp3) is 0.417. The number of pyridine rings is 1. The van der Waals surface area contributed by atoms with Crippen molar-refractivity contribution in [2.75, 3.05) is 13.7 Å². The Morgan fingerprint density at radius 2 is 2.03 bits per heavy atom. The third-order valence-electron chi connectivity index (χ3n) is 5.61. The molecule has 1 aromatic carbocycles. The standard InChI is InChI=1S/C24H29F3N4O2/c1-4-19(8-10-24(25,26)27)30-23(32)31(5-2)15-16-6-7-21(33-3)20(12-16)18-13-17-9-11-28-22(17)29-14-18/h6-7,9,11-14,19H,4-5,8,10,15H2,1-3H3,(H,28,29)(H,30,32). The predicted octanol–water partition coefficient (Wildman–Crippen LogP) is 5.89. The zero-order valence-corrected chi connectivity index (χ0v) is 19.0. The van der Waals surface area contributed by atoms with E-state index >= 15 is 0 Å². The second-order valence-corrected chi connectivity index (χ2v) is 7.90. The van der Waals surface area contributed by atoms with Gasteiger partial charge in [0.05, 0.1) is 7.11 Å². The Labute approximate surface area is 191 Å². The van der Waals surface area contributed by atoms with Crippen LogP contribution in [0.3, 0.4) is 0 Å². The summed E-state index contributed by atoms with van der Waals surface area (Å²) in [4.78, 5) is 21.8. The molecule has 178 valence electrons. The van der Waals surface area contributed by atoms with Gasteiger partial charge in [-0.1, -0.05) is 13.0 Å². The number of nitrogens with zero attached hydrogens (tertiary/aromatic N) is 2. The van der Waals surface area contributed by atoms with Crippen LogP contribution in [0.4, 0.5) is 18.0 Å². The van der Waals surface area contributed by atoms with Crippen molar-refractivity contribution in [3.05, 3.63) is 48.3 Å². The first-order valence-electron chi connectivity index (χ1n) is 11.0. The average Bonchev–Trinajstić information content (AvgIpc) is 3.27. The SMILES string of the molecule is CCC(CCC(F)(F)F)NC(=O)N(CC)Cc1ccc(OC)c(-c2cnc3[nH]ccc3c2)c1. The third kappa shape index (κ3) is 6.40. The van der Waals surface area contributed by atoms with Gasteiger partial charge in [-0.05, 0) is 49.6 Å². The summed E-state index contributed by atoms with van der Waals surface area (Å²) < 4.78 is 43.2. The van der Waals surface area contributed by atoms with E-state index in [4.69, 9.17) is 4.74 Å². The number of urea groups is 1. The zero-order chi connectivity index (χ0) is 24.0. The highest BCUT2D eigenvalue weighted by atomic mass is 19.4. The number of fused-ring (bicyclic) bond motifs is 1. The van der Waals surface area contributed by atoms with Crippen LogP contribution in [-0.2, 0) is 6.54 Å². The highest BCUT2D eigenvalue weighted by molar-refractivity contribution is 5.83. The molecule has 0 aliphatic heterocycles. The van der Waals surface area contributed by atoms with Crippen LogP contribution >= 0.6 is 0 Å². The van der Waals surface area contributed by atoms with Gasteiger partial charge in [-0.3, -0.25) is 0 Å². The molecule has 0 aliphatic carbocycles. The second-order valence-electron chi connectivity index (χ2n) is 7.90. The third-order valence-corrected chi connectivity index (χ3v) is 5.61. The van der Waals surface area contributed by atoms with E-state index in [0.29, 0.717) is 25.3 Å². The number of amides is 2. The molecule has 0 bridgehead atoms. The summed E-state index contributed by atoms with van der Waals surface area (Å²) >= 11 is 0. The molecule has 0 aliphatic rings. The Bertz CT molecular complexity index is 1080. The second kappa shape index (κ2) is 10.6. The molecule has 3 aromatic rings. The average molecular weight is 463 g/mol. The van der Waals surface area contributed by atoms with Crippen LogP contribution in [0.15, 0.2) is 42.7 Å². The lowest BCUT2D eigenvalue weighted by atomic mass is 10.0. The number of hydrogen-bond donors (Lipinski definition) is 2. The number of carbonyl (C=O) groups is 1. The highest BCUT2D eigenvalue weighted by Crippen LogP contribution is 2.32. The maximum atomic E-state index is 12.8. The quantitative estimate of drug-likeness (QED) is 0.417. The first-order valence-corrected chi connectivity index (χ1v) is 11.0. The Morgan fingerprint density at radius 3 is 2.70 bits per heavy atom. The molecule has 6 nitrogen and oxygen atoms in total. The predicted molar refractivity (Wildman–Crippen MR) is 122 cm³/mol. The number of rotatable bonds is 9. The van der Waals surface area contributed by atoms with Crippen LogP contribution in [-0.4, -0.2) is 46.8 Å². The molecule has 0 fully saturated rings. The maximum Gasteiger partial charge on any atom is 0.389 e. The van der Waals surface area contributed by atoms with Gasteiger partial charge in [0.25, 0.3) is 0 Å². The normalized spacial score (nSPS) is 12.5. The van der Waals surface area contributed by atoms with E-state index in [2.05, 4.69) is 15.3 Å². The minimum Gasteiger partial charge on any atom is -0.496 e. The van der Waals surface area contributed by atoms with E-state index in [1.54, 1.807) is 25.1 Å². The van der Waals surface area contributed by atoms with Gasteiger partial charge in [-0.15, -0.1) is 0 Å². The number of carbonyl (C=O) groups excluding carboxylic acids is 1. The van der Waals surface area contributed by atoms with Crippen LogP contribution in [0.1, 0.15) is 38.7 Å². The van der Waals surface area contributed by atoms with E-state index in [0.717, 1.165) is 27.7 Å². The molecule has 9 heteroatoms. The first-order chi connectivity index (χ1) is 15.7. The molecule has 3 rings (SSSR count). The van der Waals surface area contributed by atoms with Crippen molar-refractivity contribution in [2.45, 2.75) is 51.9 Å². The number of aromatic amines is 1. The van der Waals surface area contributed by atoms with Gasteiger partial charge in [0.1, 0.15) is 11.4 Å². The van der Waals surface area contributed by atoms with Gasteiger partial charge in [0.15, 0.2) is 0 Å². The summed E-state index contributed by atoms with van der Waals surface area (Å²) in [7, 11) is 1.60. The molecular formula is C24H29F3N4O2. The largest absolute Gasteiger partial charge is 0.496 e. The van der Waals surface area contributed by atoms with Crippen molar-refractivity contribution in [3.63, 3.8) is 0 Å². The summed E-state index contributed by atoms with van der Waals surface area (Å²) in [6, 6.07) is 8.71. The molecule has 0 spiro atoms. The minimum atomic E-state index is -4.24. The van der Waals surface area contributed by atoms with Crippen LogP contribution in [0.2, 0.25) is 0 Å². The lowest BCUT2D eigenvalue weighted by Crippen LogP contribution is -2.44. The Hall–Kier alpha value is -3.23. The molecule has 1 atom stereocenters. The van der Waals surface area contributed by atoms with Crippen molar-refractivity contribution >= 4 is 17.1 Å². The molecular weight excluding hydrogens is 433 g/mol. The number of methoxy groups -OCH3 is 1. The first kappa shape index (κ1) is 24.4. The lowest BCUT2D eigenvalue weighted by Gasteiger charge is -2.26. The van der Waals surface area contributed by atoms with Crippen molar-refractivity contribution in [1.29, 1.82) is 0 Å². The smallest absolute Gasteiger partial charge is 0.389 e. The van der Waals surface area contributed by atoms with Crippen LogP contribution in [0.5, 0.6) is 5.75 Å². The van der Waals surface area contributed by atoms with E-state index < -0.39 is 18.6 Å². The summed E-state index contributed by atoms with van der Waals surface area (Å²) in [5.74, 6) is 0.682. The number of ether oxygens (including phenoxy) is 1. The van der Waals surface area contributed by atoms with Crippen molar-refractivity contribution in [3.8, 4) is 16.9 Å². The van der Waals surface area contributed by atoms with E-state index in [-0.39, 0.29) is 12.5 Å². The molecule has 1 unspecified atom stereocenters. The number of halogens is 3. The Kier molecular flexibility index (Phi) is 7.84. The monoisotopic (exact) mass is 462 g/mol. The van der Waals surface area contributed by atoms with E-state index in [1.165, 1.54) is 0 Å². The van der Waals surface area contributed by atoms with Crippen LogP contribution < -0.4 is 10.1 Å². The number of benzene rings is 1. The molecule has 33 heavy (non-hydrogen) atoms. The lowest BCUT2D eigenvalue weighted by molar-refractivity contribution is -0.136. The molecule has 0 radical (unpaired) electrons. The molecule has 2 aromatic heterocycles. The molecule has 0 saturated heterocycles. The van der Waals surface area contributed by atoms with E-state index in [9.17, 15) is 18.0 Å². The number of alkyl halides is 3. The number of H-pyrrole nitrogens is 1. The van der Waals surface area contributed by atoms with Gasteiger partial charge >= 0.3 is 12.2 Å². The van der Waals surface area contributed by atoms with Gasteiger partial charge < -0.3 is 19.9 Å². The van der Waals surface area contributed by atoms with Crippen molar-refractivity contribution < 1.29 is 22.7 Å². The minimum absolute atomic E-state index is 0.134. The summed E-state index contributed by atoms with van der Waals surface area (Å²) in [6.07, 6.45) is -1.27. The van der Waals surface area contributed by atoms with Gasteiger partial charge in [0, 0.05) is 54.5 Å². The maximum absolute atomic E-state index is 12.8. The van der Waals surface area contributed by atoms with Gasteiger partial charge in [0.2, 0.25) is 0 Å². The fourth-order valence-electron chi connectivity index (χ4n) is 3.70. The van der Waals surface area contributed by atoms with Crippen LogP contribution in [0.25, 0.3) is 22.2 Å². The molecule has 2 N–H and O–H groups in total. The number of nitrogens with one attached hydrogen (secondary N) is 2. The molecule has 2 heterocycles. The zero-order valence-electron chi connectivity index (χ0n) is 19.0. The summed E-state index contributed by atoms with van der Waals surface area (Å²) in [5.41, 5.74) is 3.39. The molecule has 2 amide bonds. The topological polar surface area (TPSA) is 70.2 Å². The molecule has 0 saturated carbocycles. The number of hydrogen-bond acceptors (Lipinski definition) is 3. The summed E-state index contributed by atoms with van der Waals surface area (Å²) in [6.45, 7) is 4.34. The van der Waals surface area contributed by atoms with Crippen LogP contribution in [0, 0.1) is 0 Å². The Morgan fingerprint density at radius 1 is 1.24 bits per heavy atom. The fourth-order valence-corrected chi connectivity index (χ4v) is 3.70. The number of aromatic nitrogens is 2. The van der Waals surface area contributed by atoms with Crippen molar-refractivity contribution in [2.24, 2.45) is 0 Å². The van der Waals surface area contributed by atoms with E-state index in [1.807, 2.05) is 43.5 Å². The Balaban J connectivity index is 1.76. The van der Waals surface area contributed by atoms with Gasteiger partial charge in [-0.2, -0.15) is 13.2 Å².